The molecule has 0 aliphatic carbocycles. The summed E-state index contributed by atoms with van der Waals surface area (Å²) >= 11 is 2.74. The van der Waals surface area contributed by atoms with Gasteiger partial charge in [0.25, 0.3) is 0 Å². The van der Waals surface area contributed by atoms with Gasteiger partial charge in [-0.2, -0.15) is 0 Å². The van der Waals surface area contributed by atoms with Crippen LogP contribution in [0.25, 0.3) is 0 Å². The summed E-state index contributed by atoms with van der Waals surface area (Å²) in [5.41, 5.74) is 0. The second-order valence-electron chi connectivity index (χ2n) is 0.664. The molecule has 0 aromatic rings. The fraction of sp³-hybridized carbons (Fsp3) is 1.00. The minimum absolute atomic E-state index is 1.05. The topological polar surface area (TPSA) is 34.1 Å². The molecule has 0 aromatic carbocycles. The van der Waals surface area contributed by atoms with Crippen molar-refractivity contribution in [3.63, 3.8) is 0 Å². The Morgan fingerprint density at radius 1 is 1.60 bits per heavy atom. The van der Waals surface area contributed by atoms with E-state index in [1.165, 1.54) is 0 Å². The second kappa shape index (κ2) is 1.29. The maximum atomic E-state index is 9.52. The maximum absolute atomic E-state index is 9.52. The van der Waals surface area contributed by atoms with Crippen molar-refractivity contribution in [2.75, 3.05) is 6.26 Å². The first kappa shape index (κ1) is 5.47. The van der Waals surface area contributed by atoms with Crippen molar-refractivity contribution in [2.45, 2.75) is 0 Å². The van der Waals surface area contributed by atoms with Gasteiger partial charge in [-0.15, -0.1) is 0 Å². The molecule has 0 amide bonds. The Hall–Kier alpha value is 0.469. The van der Waals surface area contributed by atoms with Gasteiger partial charge in [-0.1, -0.05) is 0 Å². The molecule has 0 radical (unpaired) electrons. The zero-order valence-electron chi connectivity index (χ0n) is 2.58. The van der Waals surface area contributed by atoms with Crippen LogP contribution in [0, 0.1) is 0 Å². The van der Waals surface area contributed by atoms with Crippen molar-refractivity contribution >= 4 is 8.26 Å². The molecule has 0 fully saturated rings. The van der Waals surface area contributed by atoms with E-state index in [9.17, 15) is 8.42 Å². The molecule has 0 N–H and O–H groups in total. The number of hydrogen-bond donors (Lipinski definition) is 0. The number of hydrogen-bond acceptors (Lipinski definition) is 2. The zero-order chi connectivity index (χ0) is 4.50. The summed E-state index contributed by atoms with van der Waals surface area (Å²) in [7, 11) is -2.92. The van der Waals surface area contributed by atoms with Gasteiger partial charge >= 0.3 is 37.8 Å². The van der Waals surface area contributed by atoms with Gasteiger partial charge in [0.15, 0.2) is 0 Å². The van der Waals surface area contributed by atoms with Gasteiger partial charge in [-0.25, -0.2) is 0 Å². The minimum atomic E-state index is -2.92. The van der Waals surface area contributed by atoms with E-state index in [4.69, 9.17) is 0 Å². The molecule has 0 atom stereocenters. The number of rotatable bonds is 0. The summed E-state index contributed by atoms with van der Waals surface area (Å²) < 4.78 is 19.0. The molecule has 33 valence electrons. The summed E-state index contributed by atoms with van der Waals surface area (Å²) in [6.45, 7) is 0. The van der Waals surface area contributed by atoms with E-state index >= 15 is 0 Å². The van der Waals surface area contributed by atoms with Gasteiger partial charge in [0.05, 0.1) is 0 Å². The Morgan fingerprint density at radius 3 is 1.60 bits per heavy atom. The summed E-state index contributed by atoms with van der Waals surface area (Å²) in [6, 6.07) is 0. The predicted molar refractivity (Wildman–Crippen MR) is 14.8 cm³/mol. The van der Waals surface area contributed by atoms with Crippen LogP contribution in [0.2, 0.25) is 0 Å². The third-order valence-corrected chi connectivity index (χ3v) is 0. The Morgan fingerprint density at radius 2 is 1.60 bits per heavy atom. The zero-order valence-corrected chi connectivity index (χ0v) is 4.50. The van der Waals surface area contributed by atoms with Crippen molar-refractivity contribution in [1.82, 2.24) is 0 Å². The third-order valence-electron chi connectivity index (χ3n) is 0. The van der Waals surface area contributed by atoms with Crippen molar-refractivity contribution in [3.8, 4) is 0 Å². The molecule has 0 saturated carbocycles. The average molecular weight is 135 g/mol. The van der Waals surface area contributed by atoms with E-state index in [1.54, 1.807) is 0 Å². The van der Waals surface area contributed by atoms with Gasteiger partial charge in [-0.05, 0) is 0 Å². The van der Waals surface area contributed by atoms with Crippen LogP contribution in [0.15, 0.2) is 0 Å². The summed E-state index contributed by atoms with van der Waals surface area (Å²) in [6.07, 6.45) is 1.05. The van der Waals surface area contributed by atoms with E-state index in [0.29, 0.717) is 0 Å². The van der Waals surface area contributed by atoms with E-state index in [1.807, 2.05) is 0 Å². The van der Waals surface area contributed by atoms with E-state index in [2.05, 4.69) is 14.9 Å². The molecule has 0 rings (SSSR count). The van der Waals surface area contributed by atoms with E-state index < -0.39 is 8.26 Å². The van der Waals surface area contributed by atoms with Crippen LogP contribution in [-0.2, 0) is 23.1 Å². The average Bonchev–Trinajstić information content (AvgIpc) is 0.722. The molecule has 2 nitrogen and oxygen atoms in total. The molecule has 0 saturated heterocycles. The van der Waals surface area contributed by atoms with Gasteiger partial charge in [0.2, 0.25) is 0 Å². The first-order valence-corrected chi connectivity index (χ1v) is 4.01. The Labute approximate surface area is 38.4 Å². The first-order valence-electron chi connectivity index (χ1n) is 0.886. The fourth-order valence-electron chi connectivity index (χ4n) is 0. The van der Waals surface area contributed by atoms with Crippen LogP contribution >= 0.6 is 0 Å². The van der Waals surface area contributed by atoms with Crippen LogP contribution in [0.5, 0.6) is 0 Å². The standard InChI is InChI=1S/CH3O2S.Fe/c1-4(2)3;/h1H3;. The molecule has 0 heterocycles. The third kappa shape index (κ3) is 124. The molecule has 4 heteroatoms. The SMILES string of the molecule is C[S](=O)(=O)[Fe]. The Kier molecular flexibility index (Phi) is 1.41. The van der Waals surface area contributed by atoms with Crippen molar-refractivity contribution in [2.24, 2.45) is 0 Å². The van der Waals surface area contributed by atoms with Crippen molar-refractivity contribution < 1.29 is 23.3 Å². The molecule has 0 aliphatic rings. The van der Waals surface area contributed by atoms with Crippen LogP contribution in [0.4, 0.5) is 0 Å². The van der Waals surface area contributed by atoms with Gasteiger partial charge in [0.1, 0.15) is 0 Å². The predicted octanol–water partition coefficient (Wildman–Crippen LogP) is -0.507. The van der Waals surface area contributed by atoms with Gasteiger partial charge in [0, 0.05) is 0 Å². The summed E-state index contributed by atoms with van der Waals surface area (Å²) in [5, 5.41) is 0. The Balaban J connectivity index is 4.06. The molecular formula is CH3FeO2S. The van der Waals surface area contributed by atoms with Crippen molar-refractivity contribution in [3.05, 3.63) is 0 Å². The van der Waals surface area contributed by atoms with Gasteiger partial charge in [-0.3, -0.25) is 0 Å². The van der Waals surface area contributed by atoms with Gasteiger partial charge < -0.3 is 0 Å². The summed E-state index contributed by atoms with van der Waals surface area (Å²) in [4.78, 5) is 0. The van der Waals surface area contributed by atoms with Crippen molar-refractivity contribution in [1.29, 1.82) is 0 Å². The molecular weight excluding hydrogens is 132 g/mol. The molecule has 5 heavy (non-hydrogen) atoms. The molecule has 0 unspecified atom stereocenters. The quantitative estimate of drug-likeness (QED) is 0.419. The second-order valence-corrected chi connectivity index (χ2v) is 4.45. The van der Waals surface area contributed by atoms with Crippen LogP contribution < -0.4 is 0 Å². The summed E-state index contributed by atoms with van der Waals surface area (Å²) in [5.74, 6) is 0. The molecule has 0 spiro atoms. The molecule has 0 aromatic heterocycles. The van der Waals surface area contributed by atoms with E-state index in [0.717, 1.165) is 6.26 Å². The molecule has 0 aliphatic heterocycles. The van der Waals surface area contributed by atoms with Crippen LogP contribution in [0.3, 0.4) is 0 Å². The van der Waals surface area contributed by atoms with Crippen LogP contribution in [0.1, 0.15) is 0 Å². The first-order chi connectivity index (χ1) is 2.00. The normalized spacial score (nSPS) is 11.6. The van der Waals surface area contributed by atoms with E-state index in [-0.39, 0.29) is 0 Å². The monoisotopic (exact) mass is 135 g/mol. The Bertz CT molecular complexity index is 92.8. The fourth-order valence-corrected chi connectivity index (χ4v) is 0. The van der Waals surface area contributed by atoms with Crippen LogP contribution in [-0.4, -0.2) is 14.7 Å². The molecule has 0 bridgehead atoms.